The average molecular weight is 607 g/mol. The van der Waals surface area contributed by atoms with Crippen LogP contribution in [0.2, 0.25) is 0 Å². The number of hydrogen-bond donors (Lipinski definition) is 5. The molecule has 0 bridgehead atoms. The van der Waals surface area contributed by atoms with E-state index in [1.54, 1.807) is 11.4 Å². The Morgan fingerprint density at radius 1 is 1.16 bits per heavy atom. The molecule has 0 saturated carbocycles. The Morgan fingerprint density at radius 3 is 2.47 bits per heavy atom. The van der Waals surface area contributed by atoms with Gasteiger partial charge in [0.15, 0.2) is 17.7 Å². The van der Waals surface area contributed by atoms with Crippen LogP contribution >= 0.6 is 0 Å². The summed E-state index contributed by atoms with van der Waals surface area (Å²) in [5, 5.41) is 55.5. The second-order valence-electron chi connectivity index (χ2n) is 10.6. The minimum absolute atomic E-state index is 0.0277. The molecule has 1 heterocycles. The summed E-state index contributed by atoms with van der Waals surface area (Å²) in [6.45, 7) is 1.31. The third kappa shape index (κ3) is 4.95. The molecule has 2 aliphatic carbocycles. The Kier molecular flexibility index (Phi) is 7.38. The number of phenols is 2. The number of alkyl halides is 3. The van der Waals surface area contributed by atoms with Crippen molar-refractivity contribution in [1.82, 2.24) is 5.32 Å². The van der Waals surface area contributed by atoms with Crippen molar-refractivity contribution in [3.63, 3.8) is 0 Å². The number of nitriles is 1. The number of nitrogens with zero attached hydrogens (tertiary/aromatic N) is 1. The standard InChI is InChI=1S/C28H25F3N2O10/c1-10-21(34)13(33-26(39)28(29,30)31)6-16(42-10)43-15-8-27(40,9-32)7-12-18(15)25(38)20-19(23(12)36)22(35)11-4-3-5-14(41-2)17(11)24(20)37/h3-5,10,13,15-16,21,34,36,38,40H,6-8H2,1-2H3,(H,33,39)/t10-,13+,15+,16-,21-,27-/m1/s1. The molecule has 1 aliphatic heterocycles. The highest BCUT2D eigenvalue weighted by Crippen LogP contribution is 2.52. The maximum atomic E-state index is 13.6. The number of nitrogens with one attached hydrogen (secondary N) is 1. The van der Waals surface area contributed by atoms with Gasteiger partial charge in [0.05, 0.1) is 48.1 Å². The predicted octanol–water partition coefficient (Wildman–Crippen LogP) is 1.68. The predicted molar refractivity (Wildman–Crippen MR) is 135 cm³/mol. The van der Waals surface area contributed by atoms with E-state index in [9.17, 15) is 53.2 Å². The smallest absolute Gasteiger partial charge is 0.471 e. The zero-order valence-electron chi connectivity index (χ0n) is 22.6. The highest BCUT2D eigenvalue weighted by molar-refractivity contribution is 6.31. The number of aromatic hydroxyl groups is 2. The maximum Gasteiger partial charge on any atom is 0.471 e. The van der Waals surface area contributed by atoms with Crippen LogP contribution < -0.4 is 10.1 Å². The van der Waals surface area contributed by atoms with Crippen LogP contribution in [0.5, 0.6) is 17.2 Å². The van der Waals surface area contributed by atoms with Crippen molar-refractivity contribution in [3.8, 4) is 23.3 Å². The molecule has 12 nitrogen and oxygen atoms in total. The van der Waals surface area contributed by atoms with Crippen molar-refractivity contribution in [2.45, 2.75) is 68.6 Å². The number of carbonyl (C=O) groups excluding carboxylic acids is 3. The molecule has 0 radical (unpaired) electrons. The Labute approximate surface area is 241 Å². The molecule has 1 saturated heterocycles. The lowest BCUT2D eigenvalue weighted by molar-refractivity contribution is -0.249. The van der Waals surface area contributed by atoms with Crippen molar-refractivity contribution in [1.29, 1.82) is 5.26 Å². The molecule has 43 heavy (non-hydrogen) atoms. The fraction of sp³-hybridized carbons (Fsp3) is 0.429. The summed E-state index contributed by atoms with van der Waals surface area (Å²) in [5.41, 5.74) is -4.14. The number of aliphatic hydroxyl groups is 2. The number of aliphatic hydroxyl groups excluding tert-OH is 1. The van der Waals surface area contributed by atoms with Crippen molar-refractivity contribution < 1.29 is 62.2 Å². The van der Waals surface area contributed by atoms with Crippen LogP contribution in [0.25, 0.3) is 0 Å². The van der Waals surface area contributed by atoms with Crippen LogP contribution in [-0.4, -0.2) is 81.3 Å². The quantitative estimate of drug-likeness (QED) is 0.214. The molecular weight excluding hydrogens is 581 g/mol. The number of hydrogen-bond acceptors (Lipinski definition) is 11. The van der Waals surface area contributed by atoms with E-state index in [2.05, 4.69) is 0 Å². The Hall–Kier alpha value is -4.23. The summed E-state index contributed by atoms with van der Waals surface area (Å²) >= 11 is 0. The molecule has 2 aromatic carbocycles. The first-order valence-corrected chi connectivity index (χ1v) is 13.0. The van der Waals surface area contributed by atoms with Gasteiger partial charge in [0.25, 0.3) is 0 Å². The summed E-state index contributed by atoms with van der Waals surface area (Å²) in [7, 11) is 1.27. The number of benzene rings is 2. The van der Waals surface area contributed by atoms with Crippen LogP contribution in [0, 0.1) is 11.3 Å². The Bertz CT molecular complexity index is 1590. The molecule has 1 fully saturated rings. The van der Waals surface area contributed by atoms with Crippen molar-refractivity contribution in [3.05, 3.63) is 51.6 Å². The third-order valence-electron chi connectivity index (χ3n) is 7.88. The molecule has 5 rings (SSSR count). The van der Waals surface area contributed by atoms with Gasteiger partial charge in [0.2, 0.25) is 5.78 Å². The van der Waals surface area contributed by atoms with E-state index in [0.717, 1.165) is 0 Å². The number of methoxy groups -OCH3 is 1. The van der Waals surface area contributed by atoms with Crippen molar-refractivity contribution >= 4 is 17.5 Å². The summed E-state index contributed by atoms with van der Waals surface area (Å²) in [5.74, 6) is -5.53. The lowest BCUT2D eigenvalue weighted by Gasteiger charge is -2.42. The zero-order valence-corrected chi connectivity index (χ0v) is 22.6. The number of rotatable bonds is 4. The Balaban J connectivity index is 1.58. The van der Waals surface area contributed by atoms with E-state index < -0.39 is 102 Å². The minimum atomic E-state index is -5.24. The van der Waals surface area contributed by atoms with E-state index >= 15 is 0 Å². The van der Waals surface area contributed by atoms with Gasteiger partial charge in [-0.15, -0.1) is 0 Å². The lowest BCUT2D eigenvalue weighted by Crippen LogP contribution is -2.57. The average Bonchev–Trinajstić information content (AvgIpc) is 2.94. The molecular formula is C28H25F3N2O10. The fourth-order valence-electron chi connectivity index (χ4n) is 5.83. The van der Waals surface area contributed by atoms with Gasteiger partial charge in [-0.3, -0.25) is 14.4 Å². The van der Waals surface area contributed by atoms with Crippen LogP contribution in [0.1, 0.15) is 68.8 Å². The largest absolute Gasteiger partial charge is 0.507 e. The first kappa shape index (κ1) is 30.2. The molecule has 228 valence electrons. The molecule has 6 atom stereocenters. The highest BCUT2D eigenvalue weighted by Gasteiger charge is 2.49. The fourth-order valence-corrected chi connectivity index (χ4v) is 5.83. The zero-order chi connectivity index (χ0) is 31.6. The summed E-state index contributed by atoms with van der Waals surface area (Å²) < 4.78 is 55.3. The van der Waals surface area contributed by atoms with Gasteiger partial charge >= 0.3 is 12.1 Å². The van der Waals surface area contributed by atoms with E-state index in [1.165, 1.54) is 32.2 Å². The topological polar surface area (TPSA) is 196 Å². The molecule has 0 aromatic heterocycles. The minimum Gasteiger partial charge on any atom is -0.507 e. The number of ether oxygens (including phenoxy) is 3. The molecule has 3 aliphatic rings. The van der Waals surface area contributed by atoms with Gasteiger partial charge in [0.1, 0.15) is 23.4 Å². The van der Waals surface area contributed by atoms with Crippen LogP contribution in [0.4, 0.5) is 13.2 Å². The monoisotopic (exact) mass is 606 g/mol. The van der Waals surface area contributed by atoms with Crippen LogP contribution in [-0.2, 0) is 20.7 Å². The first-order valence-electron chi connectivity index (χ1n) is 13.0. The lowest BCUT2D eigenvalue weighted by atomic mass is 9.73. The molecule has 2 aromatic rings. The van der Waals surface area contributed by atoms with Gasteiger partial charge in [0, 0.05) is 36.0 Å². The van der Waals surface area contributed by atoms with E-state index in [1.807, 2.05) is 0 Å². The number of ketones is 2. The number of halogens is 3. The van der Waals surface area contributed by atoms with Gasteiger partial charge in [-0.05, 0) is 13.0 Å². The Morgan fingerprint density at radius 2 is 1.84 bits per heavy atom. The van der Waals surface area contributed by atoms with Gasteiger partial charge in [-0.2, -0.15) is 18.4 Å². The third-order valence-corrected chi connectivity index (χ3v) is 7.88. The summed E-state index contributed by atoms with van der Waals surface area (Å²) in [6.07, 6.45) is -12.6. The molecule has 15 heteroatoms. The molecule has 0 unspecified atom stereocenters. The van der Waals surface area contributed by atoms with Gasteiger partial charge in [-0.1, -0.05) is 12.1 Å². The number of fused-ring (bicyclic) bond motifs is 3. The van der Waals surface area contributed by atoms with E-state index in [-0.39, 0.29) is 28.0 Å². The van der Waals surface area contributed by atoms with Crippen molar-refractivity contribution in [2.75, 3.05) is 7.11 Å². The molecule has 1 amide bonds. The number of phenolic OH excluding ortho intramolecular Hbond substituents is 2. The maximum absolute atomic E-state index is 13.6. The summed E-state index contributed by atoms with van der Waals surface area (Å²) in [4.78, 5) is 38.7. The second-order valence-corrected chi connectivity index (χ2v) is 10.6. The molecule has 0 spiro atoms. The molecule has 5 N–H and O–H groups in total. The van der Waals surface area contributed by atoms with E-state index in [4.69, 9.17) is 14.2 Å². The SMILES string of the molecule is COc1cccc2c1C(=O)c1c(O)c3c(c(O)c1C2=O)C[C@](O)(C#N)C[C@@H]3O[C@@H]1C[C@H](NC(=O)C(F)(F)F)[C@H](O)[C@@H](C)O1. The highest BCUT2D eigenvalue weighted by atomic mass is 19.4. The number of amides is 1. The van der Waals surface area contributed by atoms with Gasteiger partial charge in [-0.25, -0.2) is 0 Å². The van der Waals surface area contributed by atoms with Crippen LogP contribution in [0.3, 0.4) is 0 Å². The van der Waals surface area contributed by atoms with Crippen LogP contribution in [0.15, 0.2) is 18.2 Å². The second kappa shape index (κ2) is 10.5. The first-order chi connectivity index (χ1) is 20.1. The van der Waals surface area contributed by atoms with Gasteiger partial charge < -0.3 is 40.0 Å². The number of carbonyl (C=O) groups is 3. The normalized spacial score (nSPS) is 28.3. The summed E-state index contributed by atoms with van der Waals surface area (Å²) in [6, 6.07) is 4.40. The van der Waals surface area contributed by atoms with E-state index in [0.29, 0.717) is 0 Å². The van der Waals surface area contributed by atoms with Crippen molar-refractivity contribution in [2.24, 2.45) is 0 Å².